The number of amides is 3. The lowest BCUT2D eigenvalue weighted by molar-refractivity contribution is -0.148. The Bertz CT molecular complexity index is 1920. The van der Waals surface area contributed by atoms with Crippen molar-refractivity contribution < 1.29 is 23.2 Å². The van der Waals surface area contributed by atoms with E-state index in [-0.39, 0.29) is 30.9 Å². The number of benzene rings is 4. The molecule has 2 heterocycles. The second-order valence-corrected chi connectivity index (χ2v) is 11.5. The predicted molar refractivity (Wildman–Crippen MR) is 168 cm³/mol. The Balaban J connectivity index is 1.38. The number of carbonyl (C=O) groups is 3. The van der Waals surface area contributed by atoms with E-state index in [1.807, 2.05) is 79.7 Å². The maximum absolute atomic E-state index is 14.6. The third kappa shape index (κ3) is 5.98. The van der Waals surface area contributed by atoms with Crippen LogP contribution in [0.5, 0.6) is 0 Å². The van der Waals surface area contributed by atoms with Gasteiger partial charge < -0.3 is 15.5 Å². The van der Waals surface area contributed by atoms with Gasteiger partial charge in [-0.1, -0.05) is 60.7 Å². The minimum absolute atomic E-state index is 0.0299. The molecule has 9 heteroatoms. The lowest BCUT2D eigenvalue weighted by atomic mass is 9.96. The normalized spacial score (nSPS) is 17.8. The van der Waals surface area contributed by atoms with Gasteiger partial charge in [-0.2, -0.15) is 0 Å². The van der Waals surface area contributed by atoms with Crippen LogP contribution >= 0.6 is 0 Å². The maximum atomic E-state index is 14.6. The van der Waals surface area contributed by atoms with Crippen molar-refractivity contribution in [1.82, 2.24) is 14.8 Å². The number of carbonyl (C=O) groups excluding carboxylic acids is 3. The standard InChI is InChI=1S/C36H32F2N4O3/c1-22-15-17-41(32(35(39)44)21-25-8-4-7-24-6-2-3-10-28(24)25)36(45)34(27-12-13-29(37)30(38)20-27)42(22)33(43)19-23-11-14-31-26(18-23)9-5-16-40-31/h2-14,16,18,20,22,32,34H,15,17,19,21H2,1H3,(H2,39,44)/t22-,32?,34+/m1/s1. The van der Waals surface area contributed by atoms with E-state index in [0.717, 1.165) is 44.9 Å². The van der Waals surface area contributed by atoms with Crippen LogP contribution in [0.3, 0.4) is 0 Å². The van der Waals surface area contributed by atoms with Gasteiger partial charge in [0, 0.05) is 30.6 Å². The van der Waals surface area contributed by atoms with Crippen molar-refractivity contribution in [1.29, 1.82) is 0 Å². The third-order valence-corrected chi connectivity index (χ3v) is 8.63. The Labute approximate surface area is 259 Å². The average molecular weight is 607 g/mol. The highest BCUT2D eigenvalue weighted by molar-refractivity contribution is 5.94. The molecule has 45 heavy (non-hydrogen) atoms. The molecule has 1 aliphatic heterocycles. The second-order valence-electron chi connectivity index (χ2n) is 11.5. The summed E-state index contributed by atoms with van der Waals surface area (Å²) in [7, 11) is 0. The lowest BCUT2D eigenvalue weighted by Crippen LogP contribution is -2.52. The van der Waals surface area contributed by atoms with Gasteiger partial charge >= 0.3 is 0 Å². The largest absolute Gasteiger partial charge is 0.368 e. The molecule has 0 spiro atoms. The van der Waals surface area contributed by atoms with Gasteiger partial charge in [0.15, 0.2) is 11.6 Å². The highest BCUT2D eigenvalue weighted by Crippen LogP contribution is 2.33. The first-order valence-electron chi connectivity index (χ1n) is 14.9. The van der Waals surface area contributed by atoms with E-state index in [1.54, 1.807) is 6.20 Å². The number of hydrogen-bond acceptors (Lipinski definition) is 4. The van der Waals surface area contributed by atoms with E-state index in [1.165, 1.54) is 15.9 Å². The van der Waals surface area contributed by atoms with E-state index < -0.39 is 41.6 Å². The van der Waals surface area contributed by atoms with Crippen LogP contribution in [0, 0.1) is 11.6 Å². The Morgan fingerprint density at radius 3 is 2.51 bits per heavy atom. The second kappa shape index (κ2) is 12.4. The fourth-order valence-corrected chi connectivity index (χ4v) is 6.33. The third-order valence-electron chi connectivity index (χ3n) is 8.63. The first kappa shape index (κ1) is 29.9. The van der Waals surface area contributed by atoms with Crippen LogP contribution in [-0.2, 0) is 27.2 Å². The molecule has 2 N–H and O–H groups in total. The molecule has 0 saturated carbocycles. The van der Waals surface area contributed by atoms with Crippen molar-refractivity contribution in [3.8, 4) is 0 Å². The Morgan fingerprint density at radius 1 is 0.933 bits per heavy atom. The van der Waals surface area contributed by atoms with Crippen LogP contribution in [0.2, 0.25) is 0 Å². The summed E-state index contributed by atoms with van der Waals surface area (Å²) in [6.45, 7) is 1.96. The smallest absolute Gasteiger partial charge is 0.250 e. The van der Waals surface area contributed by atoms with Gasteiger partial charge in [0.05, 0.1) is 11.9 Å². The predicted octanol–water partition coefficient (Wildman–Crippen LogP) is 5.50. The molecule has 0 bridgehead atoms. The van der Waals surface area contributed by atoms with E-state index in [4.69, 9.17) is 5.73 Å². The van der Waals surface area contributed by atoms with Crippen LogP contribution in [0.1, 0.15) is 36.1 Å². The quantitative estimate of drug-likeness (QED) is 0.265. The summed E-state index contributed by atoms with van der Waals surface area (Å²) in [5.74, 6) is -3.85. The van der Waals surface area contributed by atoms with Crippen LogP contribution < -0.4 is 5.73 Å². The molecule has 0 radical (unpaired) electrons. The first-order valence-corrected chi connectivity index (χ1v) is 14.9. The fraction of sp³-hybridized carbons (Fsp3) is 0.222. The van der Waals surface area contributed by atoms with Crippen molar-refractivity contribution in [3.63, 3.8) is 0 Å². The average Bonchev–Trinajstić information content (AvgIpc) is 3.16. The number of rotatable bonds is 7. The summed E-state index contributed by atoms with van der Waals surface area (Å²) in [4.78, 5) is 48.8. The van der Waals surface area contributed by atoms with E-state index >= 15 is 0 Å². The number of aromatic nitrogens is 1. The molecule has 228 valence electrons. The summed E-state index contributed by atoms with van der Waals surface area (Å²) in [5, 5.41) is 2.78. The Morgan fingerprint density at radius 2 is 1.71 bits per heavy atom. The molecule has 1 fully saturated rings. The summed E-state index contributed by atoms with van der Waals surface area (Å²) in [5.41, 5.74) is 8.40. The number of nitrogens with zero attached hydrogens (tertiary/aromatic N) is 3. The summed E-state index contributed by atoms with van der Waals surface area (Å²) < 4.78 is 28.7. The van der Waals surface area contributed by atoms with E-state index in [9.17, 15) is 23.2 Å². The van der Waals surface area contributed by atoms with Crippen molar-refractivity contribution in [2.24, 2.45) is 5.73 Å². The van der Waals surface area contributed by atoms with Crippen LogP contribution in [0.25, 0.3) is 21.7 Å². The Kier molecular flexibility index (Phi) is 8.26. The summed E-state index contributed by atoms with van der Waals surface area (Å²) >= 11 is 0. The van der Waals surface area contributed by atoms with E-state index in [2.05, 4.69) is 4.98 Å². The van der Waals surface area contributed by atoms with Crippen molar-refractivity contribution in [2.45, 2.75) is 44.3 Å². The molecule has 6 rings (SSSR count). The van der Waals surface area contributed by atoms with Gasteiger partial charge in [0.1, 0.15) is 12.1 Å². The first-order chi connectivity index (χ1) is 21.7. The van der Waals surface area contributed by atoms with E-state index in [0.29, 0.717) is 6.42 Å². The molecular formula is C36H32F2N4O3. The zero-order chi connectivity index (χ0) is 31.7. The lowest BCUT2D eigenvalue weighted by Gasteiger charge is -2.36. The number of primary amides is 1. The number of fused-ring (bicyclic) bond motifs is 2. The number of halogens is 2. The van der Waals surface area contributed by atoms with Crippen molar-refractivity contribution in [3.05, 3.63) is 126 Å². The Hall–Kier alpha value is -5.18. The number of nitrogens with two attached hydrogens (primary N) is 1. The molecule has 1 aliphatic rings. The van der Waals surface area contributed by atoms with Gasteiger partial charge in [-0.25, -0.2) is 8.78 Å². The zero-order valence-electron chi connectivity index (χ0n) is 24.7. The minimum atomic E-state index is -1.30. The highest BCUT2D eigenvalue weighted by atomic mass is 19.2. The fourth-order valence-electron chi connectivity index (χ4n) is 6.33. The molecule has 1 unspecified atom stereocenters. The molecule has 7 nitrogen and oxygen atoms in total. The zero-order valence-corrected chi connectivity index (χ0v) is 24.7. The monoisotopic (exact) mass is 606 g/mol. The number of pyridine rings is 1. The van der Waals surface area contributed by atoms with Gasteiger partial charge in [0.25, 0.3) is 5.91 Å². The van der Waals surface area contributed by atoms with Crippen LogP contribution in [0.4, 0.5) is 8.78 Å². The molecular weight excluding hydrogens is 574 g/mol. The van der Waals surface area contributed by atoms with Crippen molar-refractivity contribution >= 4 is 39.4 Å². The summed E-state index contributed by atoms with van der Waals surface area (Å²) in [6, 6.07) is 23.1. The van der Waals surface area contributed by atoms with Crippen molar-refractivity contribution in [2.75, 3.05) is 6.54 Å². The molecule has 1 saturated heterocycles. The topological polar surface area (TPSA) is 96.6 Å². The van der Waals surface area contributed by atoms with Gasteiger partial charge in [-0.15, -0.1) is 0 Å². The minimum Gasteiger partial charge on any atom is -0.368 e. The van der Waals surface area contributed by atoms with Gasteiger partial charge in [-0.05, 0) is 71.1 Å². The molecule has 3 amide bonds. The van der Waals surface area contributed by atoms with Crippen LogP contribution in [0.15, 0.2) is 97.2 Å². The SMILES string of the molecule is C[C@@H]1CCN(C(Cc2cccc3ccccc23)C(N)=O)C(=O)[C@H](c2ccc(F)c(F)c2)N1C(=O)Cc1ccc2ncccc2c1. The molecule has 3 atom stereocenters. The van der Waals surface area contributed by atoms with Gasteiger partial charge in [-0.3, -0.25) is 19.4 Å². The molecule has 1 aromatic heterocycles. The van der Waals surface area contributed by atoms with Gasteiger partial charge in [0.2, 0.25) is 11.8 Å². The maximum Gasteiger partial charge on any atom is 0.250 e. The summed E-state index contributed by atoms with van der Waals surface area (Å²) in [6.07, 6.45) is 2.16. The molecule has 5 aromatic rings. The number of hydrogen-bond donors (Lipinski definition) is 1. The molecule has 4 aromatic carbocycles. The molecule has 0 aliphatic carbocycles. The van der Waals surface area contributed by atoms with Crippen LogP contribution in [-0.4, -0.2) is 51.1 Å². The highest BCUT2D eigenvalue weighted by Gasteiger charge is 2.43.